The number of hydrogen-bond acceptors (Lipinski definition) is 3. The third-order valence-electron chi connectivity index (χ3n) is 3.08. The van der Waals surface area contributed by atoms with Crippen molar-refractivity contribution in [1.82, 2.24) is 9.13 Å². The first kappa shape index (κ1) is 18.8. The summed E-state index contributed by atoms with van der Waals surface area (Å²) in [6, 6.07) is 0. The lowest BCUT2D eigenvalue weighted by Crippen LogP contribution is -2.38. The van der Waals surface area contributed by atoms with Crippen LogP contribution in [0.4, 0.5) is 5.82 Å². The molecule has 6 heteroatoms. The fourth-order valence-corrected chi connectivity index (χ4v) is 2.03. The van der Waals surface area contributed by atoms with Crippen LogP contribution in [0.25, 0.3) is 0 Å². The molecule has 0 aromatic carbocycles. The fraction of sp³-hybridized carbons (Fsp3) is 0.643. The molecule has 0 fully saturated rings. The van der Waals surface area contributed by atoms with Gasteiger partial charge in [-0.2, -0.15) is 0 Å². The van der Waals surface area contributed by atoms with Crippen LogP contribution in [-0.4, -0.2) is 13.8 Å². The number of aliphatic imine (C=N–C) groups is 1. The third kappa shape index (κ3) is 3.91. The minimum atomic E-state index is -0.367. The Labute approximate surface area is 128 Å². The molecule has 0 N–H and O–H groups in total. The van der Waals surface area contributed by atoms with Crippen molar-refractivity contribution in [2.24, 2.45) is 25.0 Å². The summed E-state index contributed by atoms with van der Waals surface area (Å²) < 4.78 is 3.22. The van der Waals surface area contributed by atoms with Gasteiger partial charge in [0, 0.05) is 20.0 Å². The molecule has 0 aliphatic carbocycles. The molecular weight excluding hydrogens is 322 g/mol. The van der Waals surface area contributed by atoms with Crippen LogP contribution < -0.4 is 11.2 Å². The molecule has 1 aromatic heterocycles. The summed E-state index contributed by atoms with van der Waals surface area (Å²) in [5, 5.41) is 0. The molecule has 1 atom stereocenters. The van der Waals surface area contributed by atoms with E-state index in [0.29, 0.717) is 11.4 Å². The van der Waals surface area contributed by atoms with E-state index in [1.807, 2.05) is 20.8 Å². The smallest absolute Gasteiger partial charge is 0.281 e. The van der Waals surface area contributed by atoms with Crippen molar-refractivity contribution in [3.8, 4) is 0 Å². The van der Waals surface area contributed by atoms with Crippen molar-refractivity contribution in [2.75, 3.05) is 0 Å². The van der Waals surface area contributed by atoms with Crippen molar-refractivity contribution in [1.29, 1.82) is 0 Å². The number of hydrogen-bond donors (Lipinski definition) is 0. The quantitative estimate of drug-likeness (QED) is 0.791. The topological polar surface area (TPSA) is 56.4 Å². The van der Waals surface area contributed by atoms with E-state index in [1.165, 1.54) is 11.6 Å². The highest BCUT2D eigenvalue weighted by Crippen LogP contribution is 2.18. The van der Waals surface area contributed by atoms with Crippen LogP contribution in [0.15, 0.2) is 14.6 Å². The summed E-state index contributed by atoms with van der Waals surface area (Å²) in [7, 11) is 3.08. The second kappa shape index (κ2) is 8.19. The summed E-state index contributed by atoms with van der Waals surface area (Å²) in [5.74, 6) is 0.666. The maximum absolute atomic E-state index is 11.8. The standard InChI is InChI=1S/C12H18BrN3O2.C2H6/c1-6-7(2)9(13)14-10-8(3)11(17)16(5)12(18)15(10)4;1-2/h7H,6H2,1-5H3;1-2H3/b14-9+;. The zero-order valence-corrected chi connectivity index (χ0v) is 14.9. The lowest BCUT2D eigenvalue weighted by atomic mass is 10.1. The predicted molar refractivity (Wildman–Crippen MR) is 88.5 cm³/mol. The molecule has 0 amide bonds. The first-order chi connectivity index (χ1) is 9.31. The van der Waals surface area contributed by atoms with Gasteiger partial charge in [-0.05, 0) is 29.3 Å². The van der Waals surface area contributed by atoms with Crippen LogP contribution in [0.5, 0.6) is 0 Å². The Hall–Kier alpha value is -1.17. The van der Waals surface area contributed by atoms with Crippen molar-refractivity contribution in [3.63, 3.8) is 0 Å². The number of rotatable bonds is 3. The Morgan fingerprint density at radius 2 is 1.75 bits per heavy atom. The summed E-state index contributed by atoms with van der Waals surface area (Å²) in [6.45, 7) is 9.76. The van der Waals surface area contributed by atoms with Crippen LogP contribution in [0.2, 0.25) is 0 Å². The lowest BCUT2D eigenvalue weighted by Gasteiger charge is -2.11. The van der Waals surface area contributed by atoms with Gasteiger partial charge in [0.2, 0.25) is 0 Å². The van der Waals surface area contributed by atoms with E-state index in [4.69, 9.17) is 0 Å². The van der Waals surface area contributed by atoms with Gasteiger partial charge in [0.25, 0.3) is 5.56 Å². The maximum atomic E-state index is 11.8. The average molecular weight is 346 g/mol. The Balaban J connectivity index is 0.00000172. The van der Waals surface area contributed by atoms with Gasteiger partial charge in [0.1, 0.15) is 5.82 Å². The average Bonchev–Trinajstić information content (AvgIpc) is 2.48. The van der Waals surface area contributed by atoms with Gasteiger partial charge in [-0.15, -0.1) is 0 Å². The number of nitrogens with zero attached hydrogens (tertiary/aromatic N) is 3. The molecule has 114 valence electrons. The van der Waals surface area contributed by atoms with Crippen LogP contribution in [0.3, 0.4) is 0 Å². The normalized spacial score (nSPS) is 12.7. The van der Waals surface area contributed by atoms with Crippen molar-refractivity contribution >= 4 is 26.4 Å². The van der Waals surface area contributed by atoms with E-state index in [-0.39, 0.29) is 17.2 Å². The Bertz CT molecular complexity index is 562. The molecule has 0 radical (unpaired) electrons. The molecule has 1 unspecified atom stereocenters. The van der Waals surface area contributed by atoms with Gasteiger partial charge in [0.15, 0.2) is 0 Å². The largest absolute Gasteiger partial charge is 0.332 e. The van der Waals surface area contributed by atoms with Crippen LogP contribution in [0.1, 0.15) is 39.7 Å². The predicted octanol–water partition coefficient (Wildman–Crippen LogP) is 2.89. The first-order valence-electron chi connectivity index (χ1n) is 6.81. The van der Waals surface area contributed by atoms with Gasteiger partial charge in [-0.3, -0.25) is 13.9 Å². The highest BCUT2D eigenvalue weighted by atomic mass is 79.9. The van der Waals surface area contributed by atoms with Gasteiger partial charge in [0.05, 0.1) is 10.2 Å². The molecule has 5 nitrogen and oxygen atoms in total. The molecule has 1 heterocycles. The molecule has 0 spiro atoms. The second-order valence-electron chi connectivity index (χ2n) is 4.40. The third-order valence-corrected chi connectivity index (χ3v) is 4.04. The van der Waals surface area contributed by atoms with Gasteiger partial charge in [-0.25, -0.2) is 9.79 Å². The Morgan fingerprint density at radius 3 is 2.20 bits per heavy atom. The van der Waals surface area contributed by atoms with Crippen molar-refractivity contribution in [2.45, 2.75) is 41.0 Å². The summed E-state index contributed by atoms with van der Waals surface area (Å²) in [5.41, 5.74) is -0.199. The Kier molecular flexibility index (Phi) is 7.71. The highest BCUT2D eigenvalue weighted by molar-refractivity contribution is 9.18. The zero-order valence-electron chi connectivity index (χ0n) is 13.3. The molecule has 0 aliphatic heterocycles. The van der Waals surface area contributed by atoms with E-state index >= 15 is 0 Å². The van der Waals surface area contributed by atoms with Gasteiger partial charge < -0.3 is 0 Å². The van der Waals surface area contributed by atoms with Crippen LogP contribution >= 0.6 is 15.9 Å². The molecule has 0 saturated carbocycles. The van der Waals surface area contributed by atoms with E-state index in [0.717, 1.165) is 15.6 Å². The zero-order chi connectivity index (χ0) is 16.0. The van der Waals surface area contributed by atoms with Gasteiger partial charge >= 0.3 is 5.69 Å². The van der Waals surface area contributed by atoms with E-state index in [1.54, 1.807) is 14.0 Å². The SMILES string of the molecule is CC.CCC(C)/C(Br)=N\c1c(C)c(=O)n(C)c(=O)n1C. The van der Waals surface area contributed by atoms with Gasteiger partial charge in [-0.1, -0.05) is 27.7 Å². The fourth-order valence-electron chi connectivity index (χ4n) is 1.54. The van der Waals surface area contributed by atoms with Crippen molar-refractivity contribution in [3.05, 3.63) is 26.4 Å². The molecular formula is C14H24BrN3O2. The summed E-state index contributed by atoms with van der Waals surface area (Å²) in [6.07, 6.45) is 0.932. The molecule has 0 bridgehead atoms. The van der Waals surface area contributed by atoms with Crippen LogP contribution in [0, 0.1) is 12.8 Å². The summed E-state index contributed by atoms with van der Waals surface area (Å²) in [4.78, 5) is 28.0. The van der Waals surface area contributed by atoms with E-state index in [9.17, 15) is 9.59 Å². The molecule has 1 aromatic rings. The van der Waals surface area contributed by atoms with Crippen molar-refractivity contribution < 1.29 is 0 Å². The Morgan fingerprint density at radius 1 is 1.25 bits per heavy atom. The lowest BCUT2D eigenvalue weighted by molar-refractivity contribution is 0.678. The number of halogens is 1. The molecule has 20 heavy (non-hydrogen) atoms. The molecule has 0 saturated heterocycles. The summed E-state index contributed by atoms with van der Waals surface area (Å²) >= 11 is 3.40. The highest BCUT2D eigenvalue weighted by Gasteiger charge is 2.13. The second-order valence-corrected chi connectivity index (χ2v) is 5.21. The minimum absolute atomic E-state index is 0.253. The maximum Gasteiger partial charge on any atom is 0.332 e. The molecule has 1 rings (SSSR count). The van der Waals surface area contributed by atoms with E-state index in [2.05, 4.69) is 27.8 Å². The number of aromatic nitrogens is 2. The van der Waals surface area contributed by atoms with E-state index < -0.39 is 0 Å². The van der Waals surface area contributed by atoms with Crippen LogP contribution in [-0.2, 0) is 14.1 Å². The first-order valence-corrected chi connectivity index (χ1v) is 7.61. The minimum Gasteiger partial charge on any atom is -0.281 e. The molecule has 0 aliphatic rings. The monoisotopic (exact) mass is 345 g/mol.